The molecule has 0 saturated carbocycles. The van der Waals surface area contributed by atoms with E-state index in [2.05, 4.69) is 5.10 Å². The lowest BCUT2D eigenvalue weighted by Crippen LogP contribution is -2.21. The molecule has 1 aromatic heterocycles. The summed E-state index contributed by atoms with van der Waals surface area (Å²) in [5.41, 5.74) is 3.93. The third-order valence-electron chi connectivity index (χ3n) is 4.13. The first kappa shape index (κ1) is 16.3. The molecule has 4 rings (SSSR count). The molecule has 0 fully saturated rings. The minimum atomic E-state index is -0.173. The normalized spacial score (nSPS) is 10.7. The van der Waals surface area contributed by atoms with Gasteiger partial charge in [-0.1, -0.05) is 72.3 Å². The van der Waals surface area contributed by atoms with Gasteiger partial charge in [0, 0.05) is 22.2 Å². The van der Waals surface area contributed by atoms with Gasteiger partial charge in [0.15, 0.2) is 0 Å². The van der Waals surface area contributed by atoms with Crippen molar-refractivity contribution in [3.05, 3.63) is 106 Å². The fourth-order valence-corrected chi connectivity index (χ4v) is 3.00. The molecule has 0 aliphatic rings. The number of aromatic nitrogens is 2. The smallest absolute Gasteiger partial charge is 0.267 e. The van der Waals surface area contributed by atoms with Gasteiger partial charge in [0.1, 0.15) is 0 Å². The van der Waals surface area contributed by atoms with Crippen LogP contribution in [-0.2, 0) is 0 Å². The molecule has 0 radical (unpaired) electrons. The van der Waals surface area contributed by atoms with Gasteiger partial charge in [0.2, 0.25) is 0 Å². The first-order valence-corrected chi connectivity index (χ1v) is 8.61. The summed E-state index contributed by atoms with van der Waals surface area (Å²) in [6, 6.07) is 28.3. The Kier molecular flexibility index (Phi) is 4.38. The Morgan fingerprint density at radius 3 is 2.00 bits per heavy atom. The van der Waals surface area contributed by atoms with Gasteiger partial charge in [-0.05, 0) is 29.8 Å². The van der Waals surface area contributed by atoms with Crippen LogP contribution in [0.4, 0.5) is 0 Å². The Balaban J connectivity index is 1.99. The van der Waals surface area contributed by atoms with E-state index in [0.29, 0.717) is 5.02 Å². The van der Waals surface area contributed by atoms with Crippen molar-refractivity contribution in [3.63, 3.8) is 0 Å². The third kappa shape index (κ3) is 3.17. The number of hydrogen-bond donors (Lipinski definition) is 0. The van der Waals surface area contributed by atoms with Crippen LogP contribution >= 0.6 is 11.6 Å². The zero-order valence-electron chi connectivity index (χ0n) is 13.8. The molecular formula is C22H15ClN2O. The summed E-state index contributed by atoms with van der Waals surface area (Å²) >= 11 is 6.03. The van der Waals surface area contributed by atoms with E-state index in [9.17, 15) is 4.79 Å². The molecular weight excluding hydrogens is 344 g/mol. The highest BCUT2D eigenvalue weighted by molar-refractivity contribution is 6.30. The Bertz CT molecular complexity index is 1090. The lowest BCUT2D eigenvalue weighted by molar-refractivity contribution is 0.814. The second-order valence-corrected chi connectivity index (χ2v) is 6.30. The van der Waals surface area contributed by atoms with Gasteiger partial charge in [0.25, 0.3) is 5.56 Å². The summed E-state index contributed by atoms with van der Waals surface area (Å²) in [4.78, 5) is 12.7. The predicted octanol–water partition coefficient (Wildman–Crippen LogP) is 5.22. The van der Waals surface area contributed by atoms with Crippen LogP contribution < -0.4 is 5.56 Å². The number of halogens is 1. The monoisotopic (exact) mass is 358 g/mol. The Hall–Kier alpha value is -3.17. The maximum Gasteiger partial charge on any atom is 0.272 e. The zero-order valence-corrected chi connectivity index (χ0v) is 14.6. The van der Waals surface area contributed by atoms with Gasteiger partial charge in [-0.15, -0.1) is 0 Å². The standard InChI is InChI=1S/C22H15ClN2O/c23-18-13-11-17(12-14-18)22-20(16-7-3-1-4-8-16)15-21(26)25(24-22)19-9-5-2-6-10-19/h1-15H. The molecule has 126 valence electrons. The van der Waals surface area contributed by atoms with E-state index in [1.165, 1.54) is 4.68 Å². The van der Waals surface area contributed by atoms with Crippen molar-refractivity contribution in [2.24, 2.45) is 0 Å². The number of rotatable bonds is 3. The zero-order chi connectivity index (χ0) is 17.9. The maximum absolute atomic E-state index is 12.7. The SMILES string of the molecule is O=c1cc(-c2ccccc2)c(-c2ccc(Cl)cc2)nn1-c1ccccc1. The number of benzene rings is 3. The summed E-state index contributed by atoms with van der Waals surface area (Å²) < 4.78 is 1.43. The van der Waals surface area contributed by atoms with Gasteiger partial charge in [-0.3, -0.25) is 4.79 Å². The molecule has 4 heteroatoms. The van der Waals surface area contributed by atoms with Crippen LogP contribution in [0.25, 0.3) is 28.1 Å². The highest BCUT2D eigenvalue weighted by Crippen LogP contribution is 2.30. The molecule has 0 unspecified atom stereocenters. The van der Waals surface area contributed by atoms with E-state index in [1.54, 1.807) is 6.07 Å². The van der Waals surface area contributed by atoms with Gasteiger partial charge in [0.05, 0.1) is 11.4 Å². The van der Waals surface area contributed by atoms with E-state index in [1.807, 2.05) is 84.9 Å². The lowest BCUT2D eigenvalue weighted by atomic mass is 10.00. The van der Waals surface area contributed by atoms with Crippen molar-refractivity contribution in [3.8, 4) is 28.1 Å². The van der Waals surface area contributed by atoms with Crippen LogP contribution in [0, 0.1) is 0 Å². The number of nitrogens with zero attached hydrogens (tertiary/aromatic N) is 2. The molecule has 0 saturated heterocycles. The van der Waals surface area contributed by atoms with E-state index < -0.39 is 0 Å². The largest absolute Gasteiger partial charge is 0.272 e. The van der Waals surface area contributed by atoms with E-state index >= 15 is 0 Å². The molecule has 1 heterocycles. The Morgan fingerprint density at radius 2 is 1.35 bits per heavy atom. The quantitative estimate of drug-likeness (QED) is 0.503. The van der Waals surface area contributed by atoms with Crippen LogP contribution in [0.5, 0.6) is 0 Å². The molecule has 0 aliphatic heterocycles. The number of para-hydroxylation sites is 1. The molecule has 0 amide bonds. The highest BCUT2D eigenvalue weighted by Gasteiger charge is 2.13. The second-order valence-electron chi connectivity index (χ2n) is 5.87. The Morgan fingerprint density at radius 1 is 0.731 bits per heavy atom. The summed E-state index contributed by atoms with van der Waals surface area (Å²) in [6.07, 6.45) is 0. The predicted molar refractivity (Wildman–Crippen MR) is 106 cm³/mol. The van der Waals surface area contributed by atoms with Crippen LogP contribution in [0.15, 0.2) is 95.8 Å². The van der Waals surface area contributed by atoms with Gasteiger partial charge < -0.3 is 0 Å². The van der Waals surface area contributed by atoms with E-state index in [0.717, 1.165) is 28.1 Å². The van der Waals surface area contributed by atoms with Crippen molar-refractivity contribution in [1.29, 1.82) is 0 Å². The van der Waals surface area contributed by atoms with Crippen molar-refractivity contribution in [2.75, 3.05) is 0 Å². The van der Waals surface area contributed by atoms with Crippen LogP contribution in [-0.4, -0.2) is 9.78 Å². The third-order valence-corrected chi connectivity index (χ3v) is 4.39. The van der Waals surface area contributed by atoms with Crippen LogP contribution in [0.1, 0.15) is 0 Å². The molecule has 3 aromatic carbocycles. The summed E-state index contributed by atoms with van der Waals surface area (Å²) in [7, 11) is 0. The summed E-state index contributed by atoms with van der Waals surface area (Å²) in [5.74, 6) is 0. The average molecular weight is 359 g/mol. The molecule has 0 bridgehead atoms. The van der Waals surface area contributed by atoms with Gasteiger partial charge >= 0.3 is 0 Å². The molecule has 0 aliphatic carbocycles. The molecule has 0 atom stereocenters. The minimum Gasteiger partial charge on any atom is -0.267 e. The summed E-state index contributed by atoms with van der Waals surface area (Å²) in [5, 5.41) is 5.34. The van der Waals surface area contributed by atoms with Crippen molar-refractivity contribution < 1.29 is 0 Å². The summed E-state index contributed by atoms with van der Waals surface area (Å²) in [6.45, 7) is 0. The van der Waals surface area contributed by atoms with Crippen molar-refractivity contribution in [2.45, 2.75) is 0 Å². The van der Waals surface area contributed by atoms with Crippen molar-refractivity contribution in [1.82, 2.24) is 9.78 Å². The van der Waals surface area contributed by atoms with Crippen molar-refractivity contribution >= 4 is 11.6 Å². The topological polar surface area (TPSA) is 34.9 Å². The van der Waals surface area contributed by atoms with Crippen LogP contribution in [0.3, 0.4) is 0 Å². The van der Waals surface area contributed by atoms with Gasteiger partial charge in [-0.2, -0.15) is 9.78 Å². The minimum absolute atomic E-state index is 0.173. The average Bonchev–Trinajstić information content (AvgIpc) is 2.70. The second kappa shape index (κ2) is 6.98. The molecule has 0 N–H and O–H groups in total. The van der Waals surface area contributed by atoms with E-state index in [-0.39, 0.29) is 5.56 Å². The maximum atomic E-state index is 12.7. The lowest BCUT2D eigenvalue weighted by Gasteiger charge is -2.13. The molecule has 26 heavy (non-hydrogen) atoms. The fourth-order valence-electron chi connectivity index (χ4n) is 2.87. The molecule has 0 spiro atoms. The molecule has 3 nitrogen and oxygen atoms in total. The first-order chi connectivity index (χ1) is 12.7. The van der Waals surface area contributed by atoms with Crippen LogP contribution in [0.2, 0.25) is 5.02 Å². The highest BCUT2D eigenvalue weighted by atomic mass is 35.5. The van der Waals surface area contributed by atoms with E-state index in [4.69, 9.17) is 11.6 Å². The fraction of sp³-hybridized carbons (Fsp3) is 0. The first-order valence-electron chi connectivity index (χ1n) is 8.23. The number of hydrogen-bond acceptors (Lipinski definition) is 2. The Labute approximate surface area is 156 Å². The molecule has 4 aromatic rings. The van der Waals surface area contributed by atoms with Gasteiger partial charge in [-0.25, -0.2) is 0 Å².